The van der Waals surface area contributed by atoms with Crippen LogP contribution in [0.5, 0.6) is 0 Å². The maximum Gasteiger partial charge on any atom is 0.416 e. The highest BCUT2D eigenvalue weighted by atomic mass is 19.4. The third kappa shape index (κ3) is 4.92. The summed E-state index contributed by atoms with van der Waals surface area (Å²) < 4.78 is 51.6. The lowest BCUT2D eigenvalue weighted by Gasteiger charge is -2.30. The van der Waals surface area contributed by atoms with Crippen LogP contribution < -0.4 is 5.32 Å². The lowest BCUT2D eigenvalue weighted by Crippen LogP contribution is -2.50. The molecule has 4 aliphatic rings. The summed E-state index contributed by atoms with van der Waals surface area (Å²) in [5.41, 5.74) is 1.68. The van der Waals surface area contributed by atoms with Gasteiger partial charge in [-0.1, -0.05) is 6.07 Å². The molecule has 0 bridgehead atoms. The van der Waals surface area contributed by atoms with Crippen LogP contribution in [-0.2, 0) is 33.3 Å². The number of aromatic amines is 1. The highest BCUT2D eigenvalue weighted by Gasteiger charge is 2.42. The smallest absolute Gasteiger partial charge is 0.380 e. The number of nitrogens with one attached hydrogen (secondary N) is 2. The Bertz CT molecular complexity index is 1210. The molecule has 3 aliphatic heterocycles. The normalized spacial score (nSPS) is 27.6. The third-order valence-corrected chi connectivity index (χ3v) is 8.06. The molecule has 4 heterocycles. The second kappa shape index (κ2) is 9.97. The Kier molecular flexibility index (Phi) is 6.65. The molecule has 0 radical (unpaired) electrons. The largest absolute Gasteiger partial charge is 0.416 e. The number of carbonyl (C=O) groups excluding carboxylic acids is 2. The van der Waals surface area contributed by atoms with Crippen LogP contribution in [0, 0.1) is 0 Å². The van der Waals surface area contributed by atoms with Crippen molar-refractivity contribution in [3.05, 3.63) is 52.6 Å². The minimum atomic E-state index is -4.54. The van der Waals surface area contributed by atoms with Gasteiger partial charge in [0.15, 0.2) is 0 Å². The summed E-state index contributed by atoms with van der Waals surface area (Å²) in [5, 5.41) is 3.05. The van der Waals surface area contributed by atoms with E-state index in [1.807, 2.05) is 0 Å². The summed E-state index contributed by atoms with van der Waals surface area (Å²) in [6.07, 6.45) is -0.297. The average Bonchev–Trinajstić information content (AvgIpc) is 3.67. The van der Waals surface area contributed by atoms with E-state index in [4.69, 9.17) is 9.47 Å². The van der Waals surface area contributed by atoms with Gasteiger partial charge < -0.3 is 24.7 Å². The number of likely N-dealkylation sites (tertiary alicyclic amines) is 1. The molecule has 1 aliphatic carbocycles. The van der Waals surface area contributed by atoms with Crippen molar-refractivity contribution in [2.75, 3.05) is 39.4 Å². The number of fused-ring (bicyclic) bond motifs is 2. The molecule has 1 aromatic carbocycles. The van der Waals surface area contributed by atoms with Gasteiger partial charge in [0, 0.05) is 43.5 Å². The quantitative estimate of drug-likeness (QED) is 0.590. The van der Waals surface area contributed by atoms with Crippen molar-refractivity contribution in [1.82, 2.24) is 25.1 Å². The number of amides is 2. The lowest BCUT2D eigenvalue weighted by molar-refractivity contribution is -0.137. The van der Waals surface area contributed by atoms with E-state index in [0.717, 1.165) is 42.8 Å². The van der Waals surface area contributed by atoms with Crippen LogP contribution in [0.3, 0.4) is 0 Å². The molecule has 2 N–H and O–H groups in total. The molecule has 2 saturated heterocycles. The van der Waals surface area contributed by atoms with Crippen LogP contribution in [0.25, 0.3) is 0 Å². The Labute approximate surface area is 217 Å². The molecule has 204 valence electrons. The van der Waals surface area contributed by atoms with Gasteiger partial charge in [-0.2, -0.15) is 13.2 Å². The Balaban J connectivity index is 1.13. The molecule has 6 rings (SSSR count). The first-order chi connectivity index (χ1) is 18.3. The minimum absolute atomic E-state index is 0.00407. The number of hydrogen-bond donors (Lipinski definition) is 2. The number of aromatic nitrogens is 2. The van der Waals surface area contributed by atoms with Crippen molar-refractivity contribution in [3.8, 4) is 0 Å². The van der Waals surface area contributed by atoms with Crippen molar-refractivity contribution in [2.24, 2.45) is 0 Å². The zero-order valence-electron chi connectivity index (χ0n) is 20.8. The molecule has 2 aromatic rings. The van der Waals surface area contributed by atoms with E-state index in [9.17, 15) is 22.8 Å². The maximum atomic E-state index is 13.2. The minimum Gasteiger partial charge on any atom is -0.380 e. The number of hydrogen-bond acceptors (Lipinski definition) is 6. The van der Waals surface area contributed by atoms with Gasteiger partial charge in [0.25, 0.3) is 5.91 Å². The molecule has 4 atom stereocenters. The van der Waals surface area contributed by atoms with Crippen LogP contribution >= 0.6 is 0 Å². The number of H-pyrrole nitrogens is 1. The predicted octanol–water partition coefficient (Wildman–Crippen LogP) is 2.09. The number of benzene rings is 1. The number of alkyl halides is 3. The molecule has 9 nitrogen and oxygen atoms in total. The zero-order valence-corrected chi connectivity index (χ0v) is 20.8. The summed E-state index contributed by atoms with van der Waals surface area (Å²) in [7, 11) is 0. The molecule has 38 heavy (non-hydrogen) atoms. The summed E-state index contributed by atoms with van der Waals surface area (Å²) in [6.45, 7) is 2.63. The number of ether oxygens (including phenoxy) is 2. The van der Waals surface area contributed by atoms with Gasteiger partial charge >= 0.3 is 6.18 Å². The molecule has 0 spiro atoms. The fourth-order valence-electron chi connectivity index (χ4n) is 6.03. The summed E-state index contributed by atoms with van der Waals surface area (Å²) in [4.78, 5) is 37.3. The van der Waals surface area contributed by atoms with E-state index in [-0.39, 0.29) is 48.9 Å². The summed E-state index contributed by atoms with van der Waals surface area (Å²) >= 11 is 0. The molecule has 1 aromatic heterocycles. The Morgan fingerprint density at radius 2 is 2.11 bits per heavy atom. The first kappa shape index (κ1) is 25.3. The summed E-state index contributed by atoms with van der Waals surface area (Å²) in [6, 6.07) is 3.19. The number of halogens is 3. The fourth-order valence-corrected chi connectivity index (χ4v) is 6.03. The Morgan fingerprint density at radius 1 is 1.24 bits per heavy atom. The third-order valence-electron chi connectivity index (χ3n) is 8.06. The van der Waals surface area contributed by atoms with E-state index in [1.165, 1.54) is 11.0 Å². The van der Waals surface area contributed by atoms with Crippen LogP contribution in [0.4, 0.5) is 13.2 Å². The molecule has 12 heteroatoms. The van der Waals surface area contributed by atoms with Crippen molar-refractivity contribution in [3.63, 3.8) is 0 Å². The lowest BCUT2D eigenvalue weighted by atomic mass is 9.96. The molecule has 2 amide bonds. The zero-order chi connectivity index (χ0) is 26.4. The summed E-state index contributed by atoms with van der Waals surface area (Å²) in [5.74, 6) is -0.919. The van der Waals surface area contributed by atoms with Crippen molar-refractivity contribution in [1.29, 1.82) is 0 Å². The van der Waals surface area contributed by atoms with Crippen LogP contribution in [-0.4, -0.2) is 89.2 Å². The Hall–Kier alpha value is -2.96. The SMILES string of the molecule is O=C(CN1CCc2ccc(C(F)(F)F)cc2C1=O)NC1CN(C2CCOC2)C[C@@H]1OC1CCc2[nH]cnc21. The highest BCUT2D eigenvalue weighted by Crippen LogP contribution is 2.35. The number of nitrogens with zero attached hydrogens (tertiary/aromatic N) is 3. The monoisotopic (exact) mass is 533 g/mol. The highest BCUT2D eigenvalue weighted by molar-refractivity contribution is 5.99. The molecule has 2 fully saturated rings. The number of carbonyl (C=O) groups is 2. The van der Waals surface area contributed by atoms with Crippen molar-refractivity contribution >= 4 is 11.8 Å². The van der Waals surface area contributed by atoms with Gasteiger partial charge in [0.05, 0.1) is 42.9 Å². The predicted molar refractivity (Wildman–Crippen MR) is 128 cm³/mol. The Morgan fingerprint density at radius 3 is 2.89 bits per heavy atom. The van der Waals surface area contributed by atoms with Gasteiger partial charge in [-0.25, -0.2) is 4.98 Å². The van der Waals surface area contributed by atoms with Crippen molar-refractivity contribution < 1.29 is 32.2 Å². The number of imidazole rings is 1. The van der Waals surface area contributed by atoms with Crippen LogP contribution in [0.15, 0.2) is 24.5 Å². The van der Waals surface area contributed by atoms with Gasteiger partial charge in [-0.15, -0.1) is 0 Å². The standard InChI is InChI=1S/C26H30F3N5O4/c27-26(28,29)16-2-1-15-5-7-33(25(36)18(15)9-16)12-23(35)32-20-10-34(17-6-8-37-13-17)11-22(20)38-21-4-3-19-24(21)31-14-30-19/h1-2,9,14,17,20-22H,3-8,10-13H2,(H,30,31)(H,32,35)/t17?,20?,21?,22-/m0/s1. The second-order valence-corrected chi connectivity index (χ2v) is 10.5. The second-order valence-electron chi connectivity index (χ2n) is 10.5. The van der Waals surface area contributed by atoms with Crippen LogP contribution in [0.1, 0.15) is 51.8 Å². The van der Waals surface area contributed by atoms with E-state index >= 15 is 0 Å². The van der Waals surface area contributed by atoms with Gasteiger partial charge in [0.2, 0.25) is 5.91 Å². The average molecular weight is 534 g/mol. The first-order valence-corrected chi connectivity index (χ1v) is 13.0. The maximum absolute atomic E-state index is 13.2. The van der Waals surface area contributed by atoms with E-state index < -0.39 is 17.6 Å². The van der Waals surface area contributed by atoms with Gasteiger partial charge in [-0.3, -0.25) is 14.5 Å². The van der Waals surface area contributed by atoms with Crippen molar-refractivity contribution in [2.45, 2.75) is 56.2 Å². The van der Waals surface area contributed by atoms with Crippen LogP contribution in [0.2, 0.25) is 0 Å². The number of rotatable bonds is 6. The first-order valence-electron chi connectivity index (χ1n) is 13.0. The van der Waals surface area contributed by atoms with E-state index in [2.05, 4.69) is 20.2 Å². The molecular formula is C26H30F3N5O4. The molecule has 3 unspecified atom stereocenters. The molecule has 0 saturated carbocycles. The van der Waals surface area contributed by atoms with E-state index in [1.54, 1.807) is 6.33 Å². The topological polar surface area (TPSA) is 99.8 Å². The molecular weight excluding hydrogens is 503 g/mol. The number of aryl methyl sites for hydroxylation is 1. The van der Waals surface area contributed by atoms with E-state index in [0.29, 0.717) is 38.3 Å². The van der Waals surface area contributed by atoms with Gasteiger partial charge in [0.1, 0.15) is 6.10 Å². The van der Waals surface area contributed by atoms with Gasteiger partial charge in [-0.05, 0) is 43.4 Å². The fraction of sp³-hybridized carbons (Fsp3) is 0.577.